The molecular weight excluding hydrogens is 387 g/mol. The van der Waals surface area contributed by atoms with E-state index in [0.29, 0.717) is 24.3 Å². The largest absolute Gasteiger partial charge is 0.467 e. The number of furan rings is 1. The minimum atomic E-state index is -4.63. The average molecular weight is 403 g/mol. The first kappa shape index (κ1) is 18.9. The van der Waals surface area contributed by atoms with Crippen molar-refractivity contribution in [2.75, 3.05) is 5.32 Å². The fraction of sp³-hybridized carbons (Fsp3) is 0.211. The highest BCUT2D eigenvalue weighted by Gasteiger charge is 2.37. The van der Waals surface area contributed by atoms with Gasteiger partial charge in [-0.3, -0.25) is 0 Å². The van der Waals surface area contributed by atoms with Gasteiger partial charge in [-0.2, -0.15) is 17.7 Å². The third kappa shape index (κ3) is 4.54. The number of hydrogen-bond acceptors (Lipinski definition) is 6. The van der Waals surface area contributed by atoms with Crippen LogP contribution in [-0.2, 0) is 30.7 Å². The van der Waals surface area contributed by atoms with Crippen molar-refractivity contribution < 1.29 is 22.3 Å². The van der Waals surface area contributed by atoms with Crippen LogP contribution in [-0.4, -0.2) is 19.8 Å². The molecule has 0 atom stereocenters. The Hall–Kier alpha value is -3.40. The predicted octanol–water partition coefficient (Wildman–Crippen LogP) is 4.07. The minimum Gasteiger partial charge on any atom is -0.467 e. The van der Waals surface area contributed by atoms with Crippen molar-refractivity contribution in [2.45, 2.75) is 25.9 Å². The Bertz CT molecular complexity index is 1090. The zero-order valence-electron chi connectivity index (χ0n) is 15.1. The fourth-order valence-electron chi connectivity index (χ4n) is 2.75. The molecule has 0 aliphatic carbocycles. The molecular formula is C19H16F3N5O2. The van der Waals surface area contributed by atoms with Crippen LogP contribution >= 0.6 is 0 Å². The summed E-state index contributed by atoms with van der Waals surface area (Å²) in [6.07, 6.45) is -3.04. The molecule has 3 aromatic heterocycles. The number of aromatic nitrogens is 4. The van der Waals surface area contributed by atoms with Gasteiger partial charge in [-0.05, 0) is 35.4 Å². The molecule has 1 N–H and O–H groups in total. The topological polar surface area (TPSA) is 77.5 Å². The number of halogens is 3. The lowest BCUT2D eigenvalue weighted by Gasteiger charge is -2.09. The van der Waals surface area contributed by atoms with E-state index in [4.69, 9.17) is 9.15 Å². The lowest BCUT2D eigenvalue weighted by Crippen LogP contribution is -2.13. The van der Waals surface area contributed by atoms with Gasteiger partial charge in [-0.15, -0.1) is 15.3 Å². The van der Waals surface area contributed by atoms with E-state index in [-0.39, 0.29) is 11.5 Å². The first-order chi connectivity index (χ1) is 14.0. The molecule has 0 spiro atoms. The zero-order valence-corrected chi connectivity index (χ0v) is 15.1. The molecule has 0 bridgehead atoms. The first-order valence-corrected chi connectivity index (χ1v) is 8.70. The number of rotatable bonds is 7. The van der Waals surface area contributed by atoms with Crippen molar-refractivity contribution in [3.63, 3.8) is 0 Å². The highest BCUT2D eigenvalue weighted by Crippen LogP contribution is 2.27. The maximum absolute atomic E-state index is 13.0. The lowest BCUT2D eigenvalue weighted by atomic mass is 10.1. The van der Waals surface area contributed by atoms with E-state index in [0.717, 1.165) is 16.9 Å². The predicted molar refractivity (Wildman–Crippen MR) is 96.8 cm³/mol. The summed E-state index contributed by atoms with van der Waals surface area (Å²) in [6, 6.07) is 14.3. The first-order valence-electron chi connectivity index (χ1n) is 8.70. The summed E-state index contributed by atoms with van der Waals surface area (Å²) < 4.78 is 50.4. The number of anilines is 1. The van der Waals surface area contributed by atoms with Gasteiger partial charge in [0.1, 0.15) is 18.2 Å². The number of alkyl halides is 3. The molecule has 29 heavy (non-hydrogen) atoms. The minimum absolute atomic E-state index is 0.0265. The lowest BCUT2D eigenvalue weighted by molar-refractivity contribution is -0.146. The van der Waals surface area contributed by atoms with Gasteiger partial charge in [0.15, 0.2) is 5.65 Å². The van der Waals surface area contributed by atoms with Crippen molar-refractivity contribution in [3.8, 4) is 0 Å². The molecule has 0 saturated carbocycles. The summed E-state index contributed by atoms with van der Waals surface area (Å²) in [7, 11) is 0. The molecule has 0 saturated heterocycles. The molecule has 3 heterocycles. The van der Waals surface area contributed by atoms with Crippen LogP contribution < -0.4 is 5.32 Å². The van der Waals surface area contributed by atoms with E-state index < -0.39 is 12.0 Å². The Morgan fingerprint density at radius 2 is 1.86 bits per heavy atom. The van der Waals surface area contributed by atoms with E-state index in [2.05, 4.69) is 20.6 Å². The maximum Gasteiger partial charge on any atom is 0.453 e. The standard InChI is InChI=1S/C19H16F3N5O2/c20-19(21,22)18-25-24-17-7-6-16(26-27(17)18)23-10-13-3-1-4-14(9-13)11-28-12-15-5-2-8-29-15/h1-9H,10-12H2,(H,23,26). The summed E-state index contributed by atoms with van der Waals surface area (Å²) in [4.78, 5) is 0. The summed E-state index contributed by atoms with van der Waals surface area (Å²) in [6.45, 7) is 1.17. The van der Waals surface area contributed by atoms with Crippen LogP contribution in [0.15, 0.2) is 59.2 Å². The number of hydrogen-bond donors (Lipinski definition) is 1. The van der Waals surface area contributed by atoms with E-state index in [9.17, 15) is 13.2 Å². The Morgan fingerprint density at radius 3 is 2.66 bits per heavy atom. The highest BCUT2D eigenvalue weighted by atomic mass is 19.4. The molecule has 1 aromatic carbocycles. The quantitative estimate of drug-likeness (QED) is 0.501. The van der Waals surface area contributed by atoms with Gasteiger partial charge in [0.05, 0.1) is 12.9 Å². The van der Waals surface area contributed by atoms with Gasteiger partial charge >= 0.3 is 6.18 Å². The van der Waals surface area contributed by atoms with Crippen LogP contribution in [0.25, 0.3) is 5.65 Å². The summed E-state index contributed by atoms with van der Waals surface area (Å²) >= 11 is 0. The Balaban J connectivity index is 1.39. The van der Waals surface area contributed by atoms with Gasteiger partial charge in [0.25, 0.3) is 5.82 Å². The SMILES string of the molecule is FC(F)(F)c1nnc2ccc(NCc3cccc(COCc4ccco4)c3)nn12. The second-order valence-corrected chi connectivity index (χ2v) is 6.26. The van der Waals surface area contributed by atoms with E-state index >= 15 is 0 Å². The van der Waals surface area contributed by atoms with Crippen molar-refractivity contribution >= 4 is 11.5 Å². The third-order valence-corrected chi connectivity index (χ3v) is 4.07. The number of nitrogens with one attached hydrogen (secondary N) is 1. The molecule has 0 aliphatic rings. The van der Waals surface area contributed by atoms with Crippen LogP contribution in [0.3, 0.4) is 0 Å². The fourth-order valence-corrected chi connectivity index (χ4v) is 2.75. The smallest absolute Gasteiger partial charge is 0.453 e. The van der Waals surface area contributed by atoms with Gasteiger partial charge in [0, 0.05) is 6.54 Å². The summed E-state index contributed by atoms with van der Waals surface area (Å²) in [5.74, 6) is -0.134. The monoisotopic (exact) mass is 403 g/mol. The molecule has 0 fully saturated rings. The number of nitrogens with zero attached hydrogens (tertiary/aromatic N) is 4. The third-order valence-electron chi connectivity index (χ3n) is 4.07. The normalized spacial score (nSPS) is 11.8. The van der Waals surface area contributed by atoms with Gasteiger partial charge in [-0.25, -0.2) is 0 Å². The van der Waals surface area contributed by atoms with Crippen LogP contribution in [0, 0.1) is 0 Å². The Labute approximate surface area is 163 Å². The van der Waals surface area contributed by atoms with Crippen molar-refractivity contribution in [1.82, 2.24) is 19.8 Å². The Kier molecular flexibility index (Phi) is 5.17. The molecule has 0 radical (unpaired) electrons. The van der Waals surface area contributed by atoms with Gasteiger partial charge in [-0.1, -0.05) is 24.3 Å². The highest BCUT2D eigenvalue weighted by molar-refractivity contribution is 5.44. The molecule has 150 valence electrons. The Morgan fingerprint density at radius 1 is 1.00 bits per heavy atom. The molecule has 10 heteroatoms. The zero-order chi connectivity index (χ0) is 20.3. The molecule has 0 unspecified atom stereocenters. The van der Waals surface area contributed by atoms with Gasteiger partial charge in [0.2, 0.25) is 0 Å². The average Bonchev–Trinajstić information content (AvgIpc) is 3.35. The summed E-state index contributed by atoms with van der Waals surface area (Å²) in [5, 5.41) is 13.6. The van der Waals surface area contributed by atoms with Crippen molar-refractivity contribution in [1.29, 1.82) is 0 Å². The van der Waals surface area contributed by atoms with Crippen molar-refractivity contribution in [2.24, 2.45) is 0 Å². The number of ether oxygens (including phenoxy) is 1. The summed E-state index contributed by atoms with van der Waals surface area (Å²) in [5.41, 5.74) is 1.93. The van der Waals surface area contributed by atoms with Crippen LogP contribution in [0.2, 0.25) is 0 Å². The number of fused-ring (bicyclic) bond motifs is 1. The number of benzene rings is 1. The van der Waals surface area contributed by atoms with Gasteiger partial charge < -0.3 is 14.5 Å². The van der Waals surface area contributed by atoms with Crippen LogP contribution in [0.1, 0.15) is 22.7 Å². The second-order valence-electron chi connectivity index (χ2n) is 6.26. The molecule has 4 rings (SSSR count). The molecule has 4 aromatic rings. The van der Waals surface area contributed by atoms with Crippen molar-refractivity contribution in [3.05, 3.63) is 77.5 Å². The molecule has 0 amide bonds. The second kappa shape index (κ2) is 7.92. The van der Waals surface area contributed by atoms with E-state index in [1.807, 2.05) is 30.3 Å². The van der Waals surface area contributed by atoms with E-state index in [1.165, 1.54) is 6.07 Å². The van der Waals surface area contributed by atoms with Crippen LogP contribution in [0.4, 0.5) is 19.0 Å². The molecule has 7 nitrogen and oxygen atoms in total. The molecule has 0 aliphatic heterocycles. The maximum atomic E-state index is 13.0. The van der Waals surface area contributed by atoms with Crippen LogP contribution in [0.5, 0.6) is 0 Å². The van der Waals surface area contributed by atoms with E-state index in [1.54, 1.807) is 18.4 Å².